The van der Waals surface area contributed by atoms with Gasteiger partial charge in [-0.05, 0) is 91.8 Å². The van der Waals surface area contributed by atoms with Crippen molar-refractivity contribution in [3.05, 3.63) is 34.9 Å². The van der Waals surface area contributed by atoms with Gasteiger partial charge < -0.3 is 18.7 Å². The van der Waals surface area contributed by atoms with Crippen LogP contribution in [0.1, 0.15) is 105 Å². The Morgan fingerprint density at radius 2 is 1.90 bits per heavy atom. The van der Waals surface area contributed by atoms with Gasteiger partial charge >= 0.3 is 19.2 Å². The molecule has 1 aromatic rings. The summed E-state index contributed by atoms with van der Waals surface area (Å²) in [7, 11) is -4.38. The molecule has 1 aromatic carbocycles. The molecule has 0 aromatic heterocycles. The maximum atomic E-state index is 14.2. The maximum absolute atomic E-state index is 14.2. The summed E-state index contributed by atoms with van der Waals surface area (Å²) in [5, 5.41) is 2.64. The number of aryl methyl sites for hydroxylation is 1. The minimum absolute atomic E-state index is 0.0137. The van der Waals surface area contributed by atoms with E-state index in [9.17, 15) is 14.2 Å². The van der Waals surface area contributed by atoms with Crippen LogP contribution < -0.4 is 14.3 Å². The number of carbonyl (C=O) groups is 2. The number of fused-ring (bicyclic) bond motifs is 3. The van der Waals surface area contributed by atoms with Crippen LogP contribution in [-0.4, -0.2) is 36.0 Å². The topological polar surface area (TPSA) is 100 Å². The summed E-state index contributed by atoms with van der Waals surface area (Å²) in [6.45, 7) is 15.1. The Morgan fingerprint density at radius 3 is 2.54 bits per heavy atom. The lowest BCUT2D eigenvalue weighted by Gasteiger charge is -2.47. The Labute approximate surface area is 233 Å². The second-order valence-corrected chi connectivity index (χ2v) is 13.5. The van der Waals surface area contributed by atoms with Crippen LogP contribution in [0.25, 0.3) is 0 Å². The molecule has 4 atom stereocenters. The number of hydrogen-bond donors (Lipinski definition) is 1. The van der Waals surface area contributed by atoms with Crippen molar-refractivity contribution in [1.29, 1.82) is 0 Å². The number of allylic oxidation sites excluding steroid dienone is 2. The summed E-state index contributed by atoms with van der Waals surface area (Å²) in [6, 6.07) is 2.88. The number of carbonyl (C=O) groups excluding carboxylic acids is 2. The molecule has 0 saturated carbocycles. The molecule has 8 nitrogen and oxygen atoms in total. The van der Waals surface area contributed by atoms with Gasteiger partial charge in [0.15, 0.2) is 0 Å². The molecule has 39 heavy (non-hydrogen) atoms. The largest absolute Gasteiger partial charge is 0.487 e. The third-order valence-electron chi connectivity index (χ3n) is 7.42. The fourth-order valence-corrected chi connectivity index (χ4v) is 7.08. The molecular weight excluding hydrogens is 517 g/mol. The molecular formula is C30H46NO7P. The smallest absolute Gasteiger partial charge is 0.424 e. The van der Waals surface area contributed by atoms with Crippen molar-refractivity contribution >= 4 is 19.2 Å². The van der Waals surface area contributed by atoms with E-state index in [-0.39, 0.29) is 24.5 Å². The lowest BCUT2D eigenvalue weighted by molar-refractivity contribution is -0.149. The summed E-state index contributed by atoms with van der Waals surface area (Å²) < 4.78 is 37.4. The van der Waals surface area contributed by atoms with E-state index in [4.69, 9.17) is 18.7 Å². The van der Waals surface area contributed by atoms with Gasteiger partial charge in [0, 0.05) is 17.4 Å². The lowest BCUT2D eigenvalue weighted by atomic mass is 9.67. The average molecular weight is 564 g/mol. The molecule has 0 radical (unpaired) electrons. The molecule has 9 heteroatoms. The molecule has 0 spiro atoms. The van der Waals surface area contributed by atoms with E-state index in [2.05, 4.69) is 44.9 Å². The molecule has 0 saturated heterocycles. The number of ether oxygens (including phenoxy) is 3. The summed E-state index contributed by atoms with van der Waals surface area (Å²) in [4.78, 5) is 25.6. The summed E-state index contributed by atoms with van der Waals surface area (Å²) in [5.41, 5.74) is 1.63. The molecule has 4 unspecified atom stereocenters. The van der Waals surface area contributed by atoms with Crippen LogP contribution in [0.3, 0.4) is 0 Å². The van der Waals surface area contributed by atoms with Crippen molar-refractivity contribution in [3.63, 3.8) is 0 Å². The lowest BCUT2D eigenvalue weighted by Crippen LogP contribution is -2.45. The number of unbranched alkanes of at least 4 members (excludes halogenated alkanes) is 2. The Kier molecular flexibility index (Phi) is 10.3. The summed E-state index contributed by atoms with van der Waals surface area (Å²) in [6.07, 6.45) is 7.49. The number of hydrogen-bond acceptors (Lipinski definition) is 7. The van der Waals surface area contributed by atoms with Gasteiger partial charge in [0.25, 0.3) is 0 Å². The molecule has 1 aliphatic carbocycles. The van der Waals surface area contributed by atoms with Crippen molar-refractivity contribution in [2.45, 2.75) is 118 Å². The van der Waals surface area contributed by atoms with Crippen molar-refractivity contribution in [1.82, 2.24) is 5.09 Å². The van der Waals surface area contributed by atoms with Crippen LogP contribution in [0.15, 0.2) is 23.8 Å². The number of esters is 1. The first-order valence-electron chi connectivity index (χ1n) is 14.3. The second-order valence-electron chi connectivity index (χ2n) is 11.5. The highest BCUT2D eigenvalue weighted by Crippen LogP contribution is 2.57. The summed E-state index contributed by atoms with van der Waals surface area (Å²) >= 11 is 0. The van der Waals surface area contributed by atoms with Crippen molar-refractivity contribution in [3.8, 4) is 11.5 Å². The van der Waals surface area contributed by atoms with Crippen LogP contribution in [-0.2, 0) is 25.3 Å². The molecule has 0 amide bonds. The fourth-order valence-electron chi connectivity index (χ4n) is 5.51. The average Bonchev–Trinajstić information content (AvgIpc) is 2.83. The highest BCUT2D eigenvalue weighted by molar-refractivity contribution is 7.74. The monoisotopic (exact) mass is 563 g/mol. The number of benzene rings is 1. The van der Waals surface area contributed by atoms with E-state index in [0.717, 1.165) is 49.7 Å². The molecule has 1 aliphatic heterocycles. The molecule has 218 valence electrons. The van der Waals surface area contributed by atoms with Crippen molar-refractivity contribution in [2.24, 2.45) is 5.92 Å². The van der Waals surface area contributed by atoms with Gasteiger partial charge in [0.05, 0.1) is 12.7 Å². The van der Waals surface area contributed by atoms with Gasteiger partial charge in [-0.25, -0.2) is 14.4 Å². The molecule has 1 heterocycles. The normalized spacial score (nSPS) is 21.9. The standard InChI is InChI=1S/C30H46NO7P/c1-9-11-12-13-22-17-25-27(23-16-20(5)14-15-24(23)30(7,8)37-25)26(18-22)38-39(34,29(33)35-10-2)31-21(6)28(32)36-19(3)4/h14,17-19,21,23-24H,9-13,15-16H2,1-8H3,(H,31,34). The zero-order valence-corrected chi connectivity index (χ0v) is 25.7. The maximum Gasteiger partial charge on any atom is 0.424 e. The minimum Gasteiger partial charge on any atom is -0.487 e. The van der Waals surface area contributed by atoms with E-state index < -0.39 is 30.8 Å². The fraction of sp³-hybridized carbons (Fsp3) is 0.667. The van der Waals surface area contributed by atoms with Crippen LogP contribution in [0.5, 0.6) is 11.5 Å². The zero-order chi connectivity index (χ0) is 29.0. The molecule has 0 fully saturated rings. The highest BCUT2D eigenvalue weighted by atomic mass is 31.2. The first-order chi connectivity index (χ1) is 18.3. The van der Waals surface area contributed by atoms with E-state index in [1.807, 2.05) is 6.07 Å². The van der Waals surface area contributed by atoms with E-state index in [0.29, 0.717) is 11.5 Å². The molecule has 0 bridgehead atoms. The van der Waals surface area contributed by atoms with Crippen LogP contribution in [0.2, 0.25) is 0 Å². The third-order valence-corrected chi connectivity index (χ3v) is 9.21. The SMILES string of the molecule is CCCCCc1cc2c(c(OP(=O)(NC(C)C(=O)OC(C)C)C(=O)OCC)c1)C1CC(C)=CCC1C(C)(C)O2. The van der Waals surface area contributed by atoms with Gasteiger partial charge in [0.1, 0.15) is 23.1 Å². The predicted octanol–water partition coefficient (Wildman–Crippen LogP) is 7.69. The third kappa shape index (κ3) is 7.46. The number of nitrogens with one attached hydrogen (secondary N) is 1. The first kappa shape index (κ1) is 31.2. The molecule has 2 aliphatic rings. The van der Waals surface area contributed by atoms with Gasteiger partial charge in [-0.15, -0.1) is 0 Å². The minimum atomic E-state index is -4.38. The van der Waals surface area contributed by atoms with Gasteiger partial charge in [-0.3, -0.25) is 4.79 Å². The van der Waals surface area contributed by atoms with Gasteiger partial charge in [-0.1, -0.05) is 31.4 Å². The first-order valence-corrected chi connectivity index (χ1v) is 15.9. The van der Waals surface area contributed by atoms with Crippen molar-refractivity contribution in [2.75, 3.05) is 6.61 Å². The highest BCUT2D eigenvalue weighted by Gasteiger charge is 2.48. The zero-order valence-electron chi connectivity index (χ0n) is 24.8. The molecule has 1 N–H and O–H groups in total. The van der Waals surface area contributed by atoms with E-state index >= 15 is 0 Å². The molecule has 3 rings (SSSR count). The van der Waals surface area contributed by atoms with Crippen LogP contribution >= 0.6 is 7.52 Å². The van der Waals surface area contributed by atoms with E-state index in [1.165, 1.54) is 12.5 Å². The Bertz CT molecular complexity index is 1130. The Morgan fingerprint density at radius 1 is 1.18 bits per heavy atom. The van der Waals surface area contributed by atoms with Crippen LogP contribution in [0, 0.1) is 5.92 Å². The number of rotatable bonds is 12. The predicted molar refractivity (Wildman–Crippen MR) is 153 cm³/mol. The van der Waals surface area contributed by atoms with Crippen molar-refractivity contribution < 1.29 is 32.9 Å². The van der Waals surface area contributed by atoms with Crippen LogP contribution in [0.4, 0.5) is 4.79 Å². The van der Waals surface area contributed by atoms with Gasteiger partial charge in [-0.2, -0.15) is 0 Å². The summed E-state index contributed by atoms with van der Waals surface area (Å²) in [5.74, 6) is 0.645. The Hall–Kier alpha value is -2.31. The quantitative estimate of drug-likeness (QED) is 0.120. The van der Waals surface area contributed by atoms with Gasteiger partial charge in [0.2, 0.25) is 0 Å². The van der Waals surface area contributed by atoms with E-state index in [1.54, 1.807) is 20.8 Å². The second kappa shape index (κ2) is 12.9. The Balaban J connectivity index is 2.10.